The van der Waals surface area contributed by atoms with E-state index in [1.807, 2.05) is 62.4 Å². The van der Waals surface area contributed by atoms with Gasteiger partial charge in [-0.05, 0) is 38.1 Å². The molecule has 12 heteroatoms. The van der Waals surface area contributed by atoms with Crippen LogP contribution in [0.3, 0.4) is 0 Å². The van der Waals surface area contributed by atoms with E-state index >= 15 is 0 Å². The molecule has 43 heavy (non-hydrogen) atoms. The number of halogens is 3. The zero-order chi connectivity index (χ0) is 30.6. The van der Waals surface area contributed by atoms with Crippen molar-refractivity contribution in [1.82, 2.24) is 20.3 Å². The van der Waals surface area contributed by atoms with Crippen LogP contribution in [-0.4, -0.2) is 32.0 Å². The Morgan fingerprint density at radius 3 is 1.91 bits per heavy atom. The van der Waals surface area contributed by atoms with E-state index in [0.29, 0.717) is 17.2 Å². The first-order valence-electron chi connectivity index (χ1n) is 13.4. The molecule has 0 saturated carbocycles. The quantitative estimate of drug-likeness (QED) is 0.190. The van der Waals surface area contributed by atoms with Gasteiger partial charge >= 0.3 is 6.18 Å². The zero-order valence-corrected chi connectivity index (χ0v) is 23.2. The summed E-state index contributed by atoms with van der Waals surface area (Å²) in [7, 11) is 0. The summed E-state index contributed by atoms with van der Waals surface area (Å²) in [5, 5.41) is 10.6. The SMILES string of the molecule is Cc1ccc(-c2noc(C[C@H](C(=O)CCC(=O)Nc3ccc(C(F)(F)F)cc3)c3nc(-c4ccc(C)cc4)no3)n2)cc1. The molecule has 0 aliphatic heterocycles. The molecule has 0 bridgehead atoms. The van der Waals surface area contributed by atoms with Crippen molar-refractivity contribution in [3.8, 4) is 22.8 Å². The Hall–Kier alpha value is -5.13. The molecule has 1 amide bonds. The van der Waals surface area contributed by atoms with E-state index in [1.165, 1.54) is 0 Å². The average molecular weight is 590 g/mol. The molecule has 9 nitrogen and oxygen atoms in total. The van der Waals surface area contributed by atoms with Crippen LogP contribution >= 0.6 is 0 Å². The maximum atomic E-state index is 13.4. The highest BCUT2D eigenvalue weighted by Gasteiger charge is 2.31. The number of aryl methyl sites for hydroxylation is 2. The van der Waals surface area contributed by atoms with Crippen LogP contribution in [0.2, 0.25) is 0 Å². The topological polar surface area (TPSA) is 124 Å². The molecule has 3 aromatic carbocycles. The van der Waals surface area contributed by atoms with Crippen LogP contribution in [0.5, 0.6) is 0 Å². The third kappa shape index (κ3) is 7.39. The van der Waals surface area contributed by atoms with Gasteiger partial charge < -0.3 is 14.4 Å². The minimum Gasteiger partial charge on any atom is -0.339 e. The lowest BCUT2D eigenvalue weighted by molar-refractivity contribution is -0.137. The predicted molar refractivity (Wildman–Crippen MR) is 150 cm³/mol. The molecular formula is C31H26F3N5O4. The molecule has 1 atom stereocenters. The fraction of sp³-hybridized carbons (Fsp3) is 0.226. The number of anilines is 1. The number of Topliss-reactive ketones (excluding diaryl/α,β-unsaturated/α-hetero) is 1. The lowest BCUT2D eigenvalue weighted by atomic mass is 9.96. The third-order valence-corrected chi connectivity index (χ3v) is 6.69. The minimum atomic E-state index is -4.49. The van der Waals surface area contributed by atoms with Crippen molar-refractivity contribution >= 4 is 17.4 Å². The summed E-state index contributed by atoms with van der Waals surface area (Å²) in [5.74, 6) is -1.09. The molecule has 2 heterocycles. The van der Waals surface area contributed by atoms with Crippen molar-refractivity contribution in [2.75, 3.05) is 5.32 Å². The molecular weight excluding hydrogens is 563 g/mol. The Balaban J connectivity index is 1.31. The maximum Gasteiger partial charge on any atom is 0.416 e. The average Bonchev–Trinajstić information content (AvgIpc) is 3.66. The zero-order valence-electron chi connectivity index (χ0n) is 23.2. The molecule has 0 unspecified atom stereocenters. The van der Waals surface area contributed by atoms with Gasteiger partial charge in [-0.3, -0.25) is 9.59 Å². The largest absolute Gasteiger partial charge is 0.416 e. The lowest BCUT2D eigenvalue weighted by Gasteiger charge is -2.11. The number of nitrogens with zero attached hydrogens (tertiary/aromatic N) is 4. The fourth-order valence-corrected chi connectivity index (χ4v) is 4.24. The number of hydrogen-bond acceptors (Lipinski definition) is 8. The second kappa shape index (κ2) is 12.4. The number of alkyl halides is 3. The predicted octanol–water partition coefficient (Wildman–Crippen LogP) is 6.74. The van der Waals surface area contributed by atoms with Gasteiger partial charge in [0.05, 0.1) is 5.56 Å². The van der Waals surface area contributed by atoms with Gasteiger partial charge in [-0.1, -0.05) is 70.0 Å². The van der Waals surface area contributed by atoms with E-state index in [0.717, 1.165) is 41.0 Å². The molecule has 0 radical (unpaired) electrons. The fourth-order valence-electron chi connectivity index (χ4n) is 4.24. The van der Waals surface area contributed by atoms with Gasteiger partial charge in [-0.15, -0.1) is 0 Å². The van der Waals surface area contributed by atoms with Crippen LogP contribution in [0.1, 0.15) is 47.2 Å². The van der Waals surface area contributed by atoms with E-state index in [4.69, 9.17) is 9.05 Å². The number of carbonyl (C=O) groups excluding carboxylic acids is 2. The highest BCUT2D eigenvalue weighted by atomic mass is 19.4. The number of carbonyl (C=O) groups is 2. The molecule has 0 saturated heterocycles. The van der Waals surface area contributed by atoms with Crippen LogP contribution < -0.4 is 5.32 Å². The summed E-state index contributed by atoms with van der Waals surface area (Å²) >= 11 is 0. The third-order valence-electron chi connectivity index (χ3n) is 6.69. The molecule has 0 aliphatic rings. The Kier molecular flexibility index (Phi) is 8.46. The number of benzene rings is 3. The van der Waals surface area contributed by atoms with Gasteiger partial charge in [0.1, 0.15) is 11.7 Å². The van der Waals surface area contributed by atoms with Gasteiger partial charge in [-0.2, -0.15) is 23.1 Å². The smallest absolute Gasteiger partial charge is 0.339 e. The number of ketones is 1. The van der Waals surface area contributed by atoms with E-state index < -0.39 is 29.3 Å². The van der Waals surface area contributed by atoms with Crippen LogP contribution in [0.25, 0.3) is 22.8 Å². The second-order valence-electron chi connectivity index (χ2n) is 10.0. The van der Waals surface area contributed by atoms with Crippen molar-refractivity contribution in [3.05, 3.63) is 101 Å². The van der Waals surface area contributed by atoms with Crippen LogP contribution in [-0.2, 0) is 22.2 Å². The van der Waals surface area contributed by atoms with Crippen LogP contribution in [0.4, 0.5) is 18.9 Å². The van der Waals surface area contributed by atoms with Gasteiger partial charge in [-0.25, -0.2) is 0 Å². The van der Waals surface area contributed by atoms with E-state index in [1.54, 1.807) is 0 Å². The summed E-state index contributed by atoms with van der Waals surface area (Å²) in [4.78, 5) is 34.9. The van der Waals surface area contributed by atoms with Gasteiger partial charge in [0.2, 0.25) is 29.3 Å². The number of amides is 1. The second-order valence-corrected chi connectivity index (χ2v) is 10.0. The Labute approximate surface area is 244 Å². The number of nitrogens with one attached hydrogen (secondary N) is 1. The first-order valence-corrected chi connectivity index (χ1v) is 13.4. The standard InChI is InChI=1S/C31H26F3N5O4/c1-18-3-7-20(8-4-18)28-36-27(42-38-28)17-24(30-37-29(39-43-30)21-9-5-19(2)6-10-21)25(40)15-16-26(41)35-23-13-11-22(12-14-23)31(32,33)34/h3-14,24H,15-17H2,1-2H3,(H,35,41)/t24-/m1/s1. The highest BCUT2D eigenvalue weighted by Crippen LogP contribution is 2.30. The molecule has 5 aromatic rings. The number of rotatable bonds is 10. The summed E-state index contributed by atoms with van der Waals surface area (Å²) in [5.41, 5.74) is 2.90. The van der Waals surface area contributed by atoms with Crippen molar-refractivity contribution in [2.24, 2.45) is 0 Å². The highest BCUT2D eigenvalue weighted by molar-refractivity contribution is 5.94. The summed E-state index contributed by atoms with van der Waals surface area (Å²) in [6.07, 6.45) is -4.98. The molecule has 0 aliphatic carbocycles. The van der Waals surface area contributed by atoms with Crippen molar-refractivity contribution < 1.29 is 31.8 Å². The van der Waals surface area contributed by atoms with Gasteiger partial charge in [0, 0.05) is 36.1 Å². The van der Waals surface area contributed by atoms with E-state index in [2.05, 4.69) is 25.6 Å². The van der Waals surface area contributed by atoms with Crippen molar-refractivity contribution in [1.29, 1.82) is 0 Å². The number of hydrogen-bond donors (Lipinski definition) is 1. The molecule has 2 aromatic heterocycles. The molecule has 0 spiro atoms. The number of aromatic nitrogens is 4. The first-order chi connectivity index (χ1) is 20.5. The summed E-state index contributed by atoms with van der Waals surface area (Å²) < 4.78 is 49.4. The van der Waals surface area contributed by atoms with E-state index in [9.17, 15) is 22.8 Å². The molecule has 1 N–H and O–H groups in total. The van der Waals surface area contributed by atoms with Gasteiger partial charge in [0.15, 0.2) is 0 Å². The van der Waals surface area contributed by atoms with Gasteiger partial charge in [0.25, 0.3) is 0 Å². The minimum absolute atomic E-state index is 0.0267. The molecule has 0 fully saturated rings. The van der Waals surface area contributed by atoms with Crippen molar-refractivity contribution in [2.45, 2.75) is 45.2 Å². The maximum absolute atomic E-state index is 13.4. The normalized spacial score (nSPS) is 12.2. The first kappa shape index (κ1) is 29.4. The monoisotopic (exact) mass is 589 g/mol. The summed E-state index contributed by atoms with van der Waals surface area (Å²) in [6.45, 7) is 3.91. The van der Waals surface area contributed by atoms with Crippen molar-refractivity contribution in [3.63, 3.8) is 0 Å². The molecule has 5 rings (SSSR count). The summed E-state index contributed by atoms with van der Waals surface area (Å²) in [6, 6.07) is 19.0. The van der Waals surface area contributed by atoms with E-state index in [-0.39, 0.29) is 36.7 Å². The Morgan fingerprint density at radius 1 is 0.767 bits per heavy atom. The molecule has 220 valence electrons. The lowest BCUT2D eigenvalue weighted by Crippen LogP contribution is -2.19. The Bertz CT molecular complexity index is 1710. The Morgan fingerprint density at radius 2 is 1.33 bits per heavy atom. The van der Waals surface area contributed by atoms with Crippen LogP contribution in [0.15, 0.2) is 81.8 Å². The van der Waals surface area contributed by atoms with Crippen LogP contribution in [0, 0.1) is 13.8 Å².